The predicted octanol–water partition coefficient (Wildman–Crippen LogP) is 5.34. The Labute approximate surface area is 185 Å². The summed E-state index contributed by atoms with van der Waals surface area (Å²) in [5.74, 6) is 0.325. The van der Waals surface area contributed by atoms with Crippen LogP contribution >= 0.6 is 23.2 Å². The van der Waals surface area contributed by atoms with Gasteiger partial charge in [0.05, 0.1) is 28.4 Å². The highest BCUT2D eigenvalue weighted by molar-refractivity contribution is 6.43. The van der Waals surface area contributed by atoms with Gasteiger partial charge in [-0.3, -0.25) is 9.78 Å². The van der Waals surface area contributed by atoms with Crippen molar-refractivity contribution in [1.29, 1.82) is 0 Å². The zero-order chi connectivity index (χ0) is 21.3. The predicted molar refractivity (Wildman–Crippen MR) is 121 cm³/mol. The molecule has 0 bridgehead atoms. The van der Waals surface area contributed by atoms with Crippen molar-refractivity contribution in [3.8, 4) is 5.75 Å². The number of hydrogen-bond donors (Lipinski definition) is 1. The minimum atomic E-state index is -0.431. The molecule has 154 valence electrons. The summed E-state index contributed by atoms with van der Waals surface area (Å²) in [6.45, 7) is 2.65. The summed E-state index contributed by atoms with van der Waals surface area (Å²) in [5.41, 5.74) is 5.76. The van der Waals surface area contributed by atoms with Gasteiger partial charge >= 0.3 is 0 Å². The Morgan fingerprint density at radius 2 is 1.93 bits per heavy atom. The first-order valence-electron chi connectivity index (χ1n) is 9.51. The maximum Gasteiger partial charge on any atom is 0.272 e. The van der Waals surface area contributed by atoms with Crippen LogP contribution in [-0.4, -0.2) is 23.7 Å². The molecule has 3 aromatic rings. The van der Waals surface area contributed by atoms with E-state index in [1.807, 2.05) is 36.5 Å². The summed E-state index contributed by atoms with van der Waals surface area (Å²) in [7, 11) is 0. The van der Waals surface area contributed by atoms with Gasteiger partial charge in [-0.2, -0.15) is 5.10 Å². The maximum atomic E-state index is 12.1. The largest absolute Gasteiger partial charge is 0.493 e. The molecule has 1 amide bonds. The summed E-state index contributed by atoms with van der Waals surface area (Å²) in [4.78, 5) is 16.6. The minimum absolute atomic E-state index is 0.199. The van der Waals surface area contributed by atoms with Gasteiger partial charge < -0.3 is 4.74 Å². The van der Waals surface area contributed by atoms with Crippen LogP contribution in [0.15, 0.2) is 65.9 Å². The van der Waals surface area contributed by atoms with E-state index in [1.165, 1.54) is 5.56 Å². The monoisotopic (exact) mass is 441 g/mol. The summed E-state index contributed by atoms with van der Waals surface area (Å²) >= 11 is 12.0. The number of benzene rings is 2. The number of aryl methyl sites for hydroxylation is 1. The molecule has 30 heavy (non-hydrogen) atoms. The molecule has 5 nitrogen and oxygen atoms in total. The zero-order valence-electron chi connectivity index (χ0n) is 16.4. The molecular formula is C23H21Cl2N3O2. The molecule has 0 aliphatic carbocycles. The van der Waals surface area contributed by atoms with Crippen molar-refractivity contribution in [2.45, 2.75) is 19.8 Å². The van der Waals surface area contributed by atoms with Crippen LogP contribution in [0.5, 0.6) is 5.75 Å². The fourth-order valence-electron chi connectivity index (χ4n) is 2.64. The van der Waals surface area contributed by atoms with E-state index in [0.717, 1.165) is 29.8 Å². The lowest BCUT2D eigenvalue weighted by Crippen LogP contribution is -2.18. The van der Waals surface area contributed by atoms with Gasteiger partial charge in [-0.1, -0.05) is 42.3 Å². The van der Waals surface area contributed by atoms with Gasteiger partial charge in [-0.05, 0) is 60.0 Å². The van der Waals surface area contributed by atoms with Gasteiger partial charge in [0.1, 0.15) is 5.75 Å². The Morgan fingerprint density at radius 3 is 2.63 bits per heavy atom. The summed E-state index contributed by atoms with van der Waals surface area (Å²) in [6.07, 6.45) is 5.17. The highest BCUT2D eigenvalue weighted by Crippen LogP contribution is 2.25. The van der Waals surface area contributed by atoms with Crippen LogP contribution in [0.3, 0.4) is 0 Å². The summed E-state index contributed by atoms with van der Waals surface area (Å²) in [6, 6.07) is 16.4. The third kappa shape index (κ3) is 6.05. The fourth-order valence-corrected chi connectivity index (χ4v) is 3.03. The normalized spacial score (nSPS) is 10.9. The molecule has 1 heterocycles. The Balaban J connectivity index is 1.47. The van der Waals surface area contributed by atoms with Crippen LogP contribution in [0.2, 0.25) is 10.0 Å². The van der Waals surface area contributed by atoms with Crippen LogP contribution < -0.4 is 10.2 Å². The van der Waals surface area contributed by atoms with E-state index < -0.39 is 5.91 Å². The van der Waals surface area contributed by atoms with Gasteiger partial charge in [0.25, 0.3) is 5.91 Å². The first-order valence-corrected chi connectivity index (χ1v) is 10.3. The number of hydrogen-bond acceptors (Lipinski definition) is 4. The number of nitrogens with one attached hydrogen (secondary N) is 1. The van der Waals surface area contributed by atoms with E-state index in [9.17, 15) is 4.79 Å². The van der Waals surface area contributed by atoms with Gasteiger partial charge in [0, 0.05) is 18.3 Å². The number of halogens is 2. The van der Waals surface area contributed by atoms with Gasteiger partial charge in [-0.15, -0.1) is 0 Å². The van der Waals surface area contributed by atoms with Gasteiger partial charge in [-0.25, -0.2) is 5.43 Å². The number of aromatic nitrogens is 1. The molecule has 0 saturated carbocycles. The van der Waals surface area contributed by atoms with Crippen LogP contribution in [0, 0.1) is 0 Å². The number of ether oxygens (including phenoxy) is 1. The topological polar surface area (TPSA) is 63.6 Å². The second-order valence-electron chi connectivity index (χ2n) is 6.48. The lowest BCUT2D eigenvalue weighted by molar-refractivity contribution is 0.0955. The molecule has 0 aliphatic heterocycles. The number of carbonyl (C=O) groups is 1. The van der Waals surface area contributed by atoms with Crippen molar-refractivity contribution in [1.82, 2.24) is 10.4 Å². The highest BCUT2D eigenvalue weighted by Gasteiger charge is 2.11. The van der Waals surface area contributed by atoms with Crippen molar-refractivity contribution < 1.29 is 9.53 Å². The molecule has 7 heteroatoms. The summed E-state index contributed by atoms with van der Waals surface area (Å²) in [5, 5.41) is 4.48. The molecule has 0 fully saturated rings. The molecule has 0 radical (unpaired) electrons. The van der Waals surface area contributed by atoms with E-state index in [1.54, 1.807) is 24.4 Å². The molecule has 3 rings (SSSR count). The Kier molecular flexibility index (Phi) is 7.82. The Bertz CT molecular complexity index is 1020. The second-order valence-corrected chi connectivity index (χ2v) is 7.26. The lowest BCUT2D eigenvalue weighted by atomic mass is 10.2. The summed E-state index contributed by atoms with van der Waals surface area (Å²) < 4.78 is 5.76. The SMILES string of the molecule is CCc1ccc(CCOc2ccc(/C=N/NC(=O)c3cccc(Cl)c3Cl)cc2)nc1. The highest BCUT2D eigenvalue weighted by atomic mass is 35.5. The zero-order valence-corrected chi connectivity index (χ0v) is 18.0. The molecule has 0 aliphatic rings. The van der Waals surface area contributed by atoms with Crippen LogP contribution in [0.1, 0.15) is 34.1 Å². The molecule has 0 unspecified atom stereocenters. The van der Waals surface area contributed by atoms with E-state index >= 15 is 0 Å². The van der Waals surface area contributed by atoms with Gasteiger partial charge in [0.2, 0.25) is 0 Å². The average Bonchev–Trinajstić information content (AvgIpc) is 2.77. The quantitative estimate of drug-likeness (QED) is 0.379. The number of hydrazone groups is 1. The first-order chi connectivity index (χ1) is 14.6. The van der Waals surface area contributed by atoms with Gasteiger partial charge in [0.15, 0.2) is 0 Å². The van der Waals surface area contributed by atoms with E-state index in [2.05, 4.69) is 28.5 Å². The Morgan fingerprint density at radius 1 is 1.13 bits per heavy atom. The number of pyridine rings is 1. The standard InChI is InChI=1S/C23H21Cl2N3O2/c1-2-16-6-9-18(26-14-16)12-13-30-19-10-7-17(8-11-19)15-27-28-23(29)20-4-3-5-21(24)22(20)25/h3-11,14-15H,2,12-13H2,1H3,(H,28,29)/b27-15+. The number of carbonyl (C=O) groups excluding carboxylic acids is 1. The second kappa shape index (κ2) is 10.8. The molecule has 0 atom stereocenters. The lowest BCUT2D eigenvalue weighted by Gasteiger charge is -2.07. The molecule has 1 aromatic heterocycles. The molecule has 1 N–H and O–H groups in total. The van der Waals surface area contributed by atoms with Crippen molar-refractivity contribution in [2.75, 3.05) is 6.61 Å². The van der Waals surface area contributed by atoms with Crippen LogP contribution in [-0.2, 0) is 12.8 Å². The third-order valence-corrected chi connectivity index (χ3v) is 5.20. The number of amides is 1. The molecule has 0 saturated heterocycles. The third-order valence-electron chi connectivity index (χ3n) is 4.38. The van der Waals surface area contributed by atoms with E-state index in [4.69, 9.17) is 27.9 Å². The Hall–Kier alpha value is -2.89. The van der Waals surface area contributed by atoms with Crippen molar-refractivity contribution >= 4 is 35.3 Å². The number of nitrogens with zero attached hydrogens (tertiary/aromatic N) is 2. The van der Waals surface area contributed by atoms with Crippen molar-refractivity contribution in [3.63, 3.8) is 0 Å². The van der Waals surface area contributed by atoms with E-state index in [0.29, 0.717) is 11.6 Å². The van der Waals surface area contributed by atoms with Crippen molar-refractivity contribution in [2.24, 2.45) is 5.10 Å². The average molecular weight is 442 g/mol. The molecular weight excluding hydrogens is 421 g/mol. The fraction of sp³-hybridized carbons (Fsp3) is 0.174. The first kappa shape index (κ1) is 21.8. The number of rotatable bonds is 8. The van der Waals surface area contributed by atoms with Crippen molar-refractivity contribution in [3.05, 3.63) is 93.2 Å². The van der Waals surface area contributed by atoms with E-state index in [-0.39, 0.29) is 10.6 Å². The van der Waals surface area contributed by atoms with Crippen LogP contribution in [0.4, 0.5) is 0 Å². The minimum Gasteiger partial charge on any atom is -0.493 e. The molecule has 2 aromatic carbocycles. The van der Waals surface area contributed by atoms with Crippen LogP contribution in [0.25, 0.3) is 0 Å². The maximum absolute atomic E-state index is 12.1. The smallest absolute Gasteiger partial charge is 0.272 e. The molecule has 0 spiro atoms.